The molecular weight excluding hydrogens is 230 g/mol. The smallest absolute Gasteiger partial charge is 0.0605 e. The fourth-order valence-electron chi connectivity index (χ4n) is 2.34. The van der Waals surface area contributed by atoms with Crippen LogP contribution in [0.25, 0.3) is 0 Å². The minimum absolute atomic E-state index is 0.464. The van der Waals surface area contributed by atoms with Gasteiger partial charge in [0.25, 0.3) is 0 Å². The third kappa shape index (κ3) is 6.12. The fraction of sp³-hybridized carbons (Fsp3) is 1.00. The van der Waals surface area contributed by atoms with Crippen LogP contribution in [0.2, 0.25) is 0 Å². The first-order valence-corrected chi connectivity index (χ1v) is 7.50. The Morgan fingerprint density at radius 2 is 1.94 bits per heavy atom. The van der Waals surface area contributed by atoms with E-state index in [2.05, 4.69) is 45.3 Å². The Morgan fingerprint density at radius 3 is 2.47 bits per heavy atom. The Morgan fingerprint density at radius 1 is 1.29 bits per heavy atom. The van der Waals surface area contributed by atoms with Crippen LogP contribution in [0.15, 0.2) is 0 Å². The van der Waals surface area contributed by atoms with E-state index in [0.29, 0.717) is 11.4 Å². The van der Waals surface area contributed by atoms with Crippen molar-refractivity contribution < 1.29 is 4.74 Å². The van der Waals surface area contributed by atoms with Crippen LogP contribution in [0.4, 0.5) is 0 Å². The van der Waals surface area contributed by atoms with Crippen molar-refractivity contribution >= 4 is 12.6 Å². The van der Waals surface area contributed by atoms with Crippen LogP contribution in [0.1, 0.15) is 46.5 Å². The van der Waals surface area contributed by atoms with Gasteiger partial charge in [-0.1, -0.05) is 20.8 Å². The van der Waals surface area contributed by atoms with Gasteiger partial charge in [-0.15, -0.1) is 0 Å². The highest BCUT2D eigenvalue weighted by Crippen LogP contribution is 2.28. The molecule has 1 rings (SSSR count). The lowest BCUT2D eigenvalue weighted by Gasteiger charge is -2.41. The van der Waals surface area contributed by atoms with Gasteiger partial charge >= 0.3 is 0 Å². The molecule has 1 unspecified atom stereocenters. The molecule has 0 spiro atoms. The van der Waals surface area contributed by atoms with E-state index in [1.165, 1.54) is 25.7 Å². The third-order valence-electron chi connectivity index (χ3n) is 3.52. The molecule has 1 fully saturated rings. The quantitative estimate of drug-likeness (QED) is 0.531. The van der Waals surface area contributed by atoms with E-state index < -0.39 is 0 Å². The van der Waals surface area contributed by atoms with Crippen molar-refractivity contribution in [1.82, 2.24) is 4.90 Å². The zero-order valence-corrected chi connectivity index (χ0v) is 12.7. The Hall–Kier alpha value is 0.270. The number of rotatable bonds is 8. The summed E-state index contributed by atoms with van der Waals surface area (Å²) in [6, 6.07) is 0.722. The van der Waals surface area contributed by atoms with Gasteiger partial charge in [-0.3, -0.25) is 0 Å². The van der Waals surface area contributed by atoms with Gasteiger partial charge in [0.1, 0.15) is 0 Å². The van der Waals surface area contributed by atoms with Crippen LogP contribution >= 0.6 is 12.6 Å². The number of hydrogen-bond donors (Lipinski definition) is 1. The van der Waals surface area contributed by atoms with Crippen molar-refractivity contribution in [2.75, 3.05) is 20.2 Å². The molecule has 102 valence electrons. The maximum Gasteiger partial charge on any atom is 0.0605 e. The summed E-state index contributed by atoms with van der Waals surface area (Å²) in [6.45, 7) is 8.72. The number of thiol groups is 1. The van der Waals surface area contributed by atoms with E-state index >= 15 is 0 Å². The van der Waals surface area contributed by atoms with Gasteiger partial charge in [0.2, 0.25) is 0 Å². The molecule has 0 N–H and O–H groups in total. The number of nitrogens with zero attached hydrogens (tertiary/aromatic N) is 1. The lowest BCUT2D eigenvalue weighted by atomic mass is 9.88. The first-order valence-electron chi connectivity index (χ1n) is 6.99. The first-order chi connectivity index (χ1) is 7.99. The van der Waals surface area contributed by atoms with Crippen LogP contribution in [0.3, 0.4) is 0 Å². The molecule has 0 saturated heterocycles. The summed E-state index contributed by atoms with van der Waals surface area (Å²) in [5.41, 5.74) is 0. The third-order valence-corrected chi connectivity index (χ3v) is 3.69. The van der Waals surface area contributed by atoms with Crippen LogP contribution in [0.5, 0.6) is 0 Å². The van der Waals surface area contributed by atoms with Gasteiger partial charge in [-0.05, 0) is 38.6 Å². The Kier molecular flexibility index (Phi) is 6.90. The first kappa shape index (κ1) is 15.3. The van der Waals surface area contributed by atoms with Crippen LogP contribution in [0, 0.1) is 5.92 Å². The van der Waals surface area contributed by atoms with Crippen molar-refractivity contribution in [3.63, 3.8) is 0 Å². The van der Waals surface area contributed by atoms with Gasteiger partial charge in [-0.25, -0.2) is 0 Å². The largest absolute Gasteiger partial charge is 0.378 e. The number of ether oxygens (including phenoxy) is 1. The summed E-state index contributed by atoms with van der Waals surface area (Å²) in [5, 5.41) is 0.464. The normalized spacial score (nSPS) is 26.3. The van der Waals surface area contributed by atoms with E-state index in [1.54, 1.807) is 0 Å². The molecule has 0 aromatic heterocycles. The summed E-state index contributed by atoms with van der Waals surface area (Å²) in [6.07, 6.45) is 5.43. The molecule has 2 nitrogen and oxygen atoms in total. The Labute approximate surface area is 113 Å². The van der Waals surface area contributed by atoms with E-state index in [9.17, 15) is 0 Å². The van der Waals surface area contributed by atoms with Crippen molar-refractivity contribution in [2.24, 2.45) is 5.92 Å². The fourth-order valence-corrected chi connectivity index (χ4v) is 2.60. The monoisotopic (exact) mass is 259 g/mol. The molecule has 1 aliphatic carbocycles. The molecule has 0 aliphatic heterocycles. The second kappa shape index (κ2) is 7.65. The molecule has 1 atom stereocenters. The molecule has 1 aliphatic rings. The minimum atomic E-state index is 0.464. The molecule has 0 amide bonds. The molecule has 0 aromatic carbocycles. The van der Waals surface area contributed by atoms with Gasteiger partial charge in [0, 0.05) is 24.4 Å². The standard InChI is InChI=1S/C14H29NOS/c1-11(2)6-5-7-16-14-8-13(9-14)15(4)10-12(3)17/h11-14,17H,5-10H2,1-4H3. The second-order valence-corrected chi connectivity index (χ2v) is 6.82. The van der Waals surface area contributed by atoms with Crippen molar-refractivity contribution in [2.45, 2.75) is 63.9 Å². The lowest BCUT2D eigenvalue weighted by Crippen LogP contribution is -2.47. The van der Waals surface area contributed by atoms with Crippen molar-refractivity contribution in [1.29, 1.82) is 0 Å². The molecule has 3 heteroatoms. The average Bonchev–Trinajstić information content (AvgIpc) is 2.12. The van der Waals surface area contributed by atoms with Gasteiger partial charge in [0.15, 0.2) is 0 Å². The van der Waals surface area contributed by atoms with Crippen LogP contribution < -0.4 is 0 Å². The number of hydrogen-bond acceptors (Lipinski definition) is 3. The molecular formula is C14H29NOS. The molecule has 0 aromatic rings. The average molecular weight is 259 g/mol. The molecule has 17 heavy (non-hydrogen) atoms. The van der Waals surface area contributed by atoms with Crippen LogP contribution in [-0.4, -0.2) is 42.5 Å². The van der Waals surface area contributed by atoms with Crippen molar-refractivity contribution in [3.8, 4) is 0 Å². The SMILES string of the molecule is CC(C)CCCOC1CC(N(C)CC(C)S)C1. The zero-order chi connectivity index (χ0) is 12.8. The predicted octanol–water partition coefficient (Wildman–Crippen LogP) is 3.22. The highest BCUT2D eigenvalue weighted by atomic mass is 32.1. The maximum atomic E-state index is 5.87. The highest BCUT2D eigenvalue weighted by Gasteiger charge is 2.32. The van der Waals surface area contributed by atoms with Gasteiger partial charge in [-0.2, -0.15) is 12.6 Å². The zero-order valence-electron chi connectivity index (χ0n) is 11.9. The summed E-state index contributed by atoms with van der Waals surface area (Å²) >= 11 is 4.43. The van der Waals surface area contributed by atoms with E-state index in [-0.39, 0.29) is 0 Å². The topological polar surface area (TPSA) is 12.5 Å². The van der Waals surface area contributed by atoms with E-state index in [1.807, 2.05) is 0 Å². The maximum absolute atomic E-state index is 5.87. The van der Waals surface area contributed by atoms with Crippen LogP contribution in [-0.2, 0) is 4.74 Å². The summed E-state index contributed by atoms with van der Waals surface area (Å²) < 4.78 is 5.87. The van der Waals surface area contributed by atoms with Gasteiger partial charge < -0.3 is 9.64 Å². The molecule has 1 saturated carbocycles. The molecule has 0 bridgehead atoms. The van der Waals surface area contributed by atoms with E-state index in [4.69, 9.17) is 4.74 Å². The second-order valence-electron chi connectivity index (χ2n) is 5.94. The predicted molar refractivity (Wildman–Crippen MR) is 77.9 cm³/mol. The summed E-state index contributed by atoms with van der Waals surface area (Å²) in [7, 11) is 2.20. The van der Waals surface area contributed by atoms with Gasteiger partial charge in [0.05, 0.1) is 6.10 Å². The lowest BCUT2D eigenvalue weighted by molar-refractivity contribution is -0.0462. The summed E-state index contributed by atoms with van der Waals surface area (Å²) in [5.74, 6) is 0.802. The minimum Gasteiger partial charge on any atom is -0.378 e. The highest BCUT2D eigenvalue weighted by molar-refractivity contribution is 7.80. The molecule has 0 heterocycles. The van der Waals surface area contributed by atoms with E-state index in [0.717, 1.165) is 25.1 Å². The summed E-state index contributed by atoms with van der Waals surface area (Å²) in [4.78, 5) is 2.42. The Bertz CT molecular complexity index is 202. The van der Waals surface area contributed by atoms with Crippen molar-refractivity contribution in [3.05, 3.63) is 0 Å². The molecule has 0 radical (unpaired) electrons. The Balaban J connectivity index is 1.99.